The van der Waals surface area contributed by atoms with Crippen molar-refractivity contribution in [2.75, 3.05) is 33.9 Å². The van der Waals surface area contributed by atoms with Crippen LogP contribution >= 0.6 is 0 Å². The summed E-state index contributed by atoms with van der Waals surface area (Å²) in [6.45, 7) is 2.29. The summed E-state index contributed by atoms with van der Waals surface area (Å²) >= 11 is 0. The van der Waals surface area contributed by atoms with E-state index in [1.807, 2.05) is 12.1 Å². The van der Waals surface area contributed by atoms with Crippen molar-refractivity contribution in [2.24, 2.45) is 17.3 Å². The second-order valence-electron chi connectivity index (χ2n) is 7.51. The smallest absolute Gasteiger partial charge is 0.410 e. The molecule has 0 aromatic heterocycles. The van der Waals surface area contributed by atoms with Crippen LogP contribution in [0.2, 0.25) is 0 Å². The average Bonchev–Trinajstić information content (AvgIpc) is 2.82. The molecular formula is C23H23N5O4. The summed E-state index contributed by atoms with van der Waals surface area (Å²) < 4.78 is 15.8. The van der Waals surface area contributed by atoms with E-state index in [0.29, 0.717) is 22.6 Å². The van der Waals surface area contributed by atoms with Crippen LogP contribution in [-0.4, -0.2) is 50.6 Å². The van der Waals surface area contributed by atoms with Crippen LogP contribution < -0.4 is 9.47 Å². The number of nitrogens with zero attached hydrogens (tertiary/aromatic N) is 4. The Labute approximate surface area is 186 Å². The van der Waals surface area contributed by atoms with Crippen LogP contribution in [0.15, 0.2) is 29.8 Å². The molecule has 164 valence electrons. The third-order valence-electron chi connectivity index (χ3n) is 6.08. The zero-order valence-corrected chi connectivity index (χ0v) is 18.1. The Kier molecular flexibility index (Phi) is 6.37. The van der Waals surface area contributed by atoms with Crippen molar-refractivity contribution < 1.29 is 19.0 Å². The van der Waals surface area contributed by atoms with E-state index in [2.05, 4.69) is 6.07 Å². The van der Waals surface area contributed by atoms with Gasteiger partial charge in [0.2, 0.25) is 0 Å². The molecule has 1 N–H and O–H groups in total. The van der Waals surface area contributed by atoms with Gasteiger partial charge in [-0.3, -0.25) is 0 Å². The molecule has 3 atom stereocenters. The minimum atomic E-state index is -1.89. The normalized spacial score (nSPS) is 23.5. The number of amides is 1. The van der Waals surface area contributed by atoms with Gasteiger partial charge in [-0.25, -0.2) is 4.79 Å². The van der Waals surface area contributed by atoms with Crippen molar-refractivity contribution >= 4 is 11.8 Å². The van der Waals surface area contributed by atoms with Crippen LogP contribution in [0.5, 0.6) is 11.5 Å². The SMILES string of the molecule is CCOC(=O)N1CC=C2C(C#N)C(=N)C(C#N)(C#N)[C@H](c3ccc(OC)c(OC)c3)[C@H]2C1. The van der Waals surface area contributed by atoms with Gasteiger partial charge >= 0.3 is 6.09 Å². The van der Waals surface area contributed by atoms with Gasteiger partial charge in [0.25, 0.3) is 0 Å². The Bertz CT molecular complexity index is 1080. The molecule has 3 rings (SSSR count). The molecule has 32 heavy (non-hydrogen) atoms. The number of benzene rings is 1. The standard InChI is InChI=1S/C23H23N5O4/c1-4-32-22(29)28-8-7-15-16(10-24)21(27)23(12-25,13-26)20(17(15)11-28)14-5-6-18(30-2)19(9-14)31-3/h5-7,9,16-17,20,27H,4,8,11H2,1-3H3/t16?,17-,20+/m0/s1. The zero-order chi connectivity index (χ0) is 23.5. The van der Waals surface area contributed by atoms with Crippen molar-refractivity contribution in [2.45, 2.75) is 12.8 Å². The first-order valence-electron chi connectivity index (χ1n) is 10.1. The highest BCUT2D eigenvalue weighted by molar-refractivity contribution is 6.01. The summed E-state index contributed by atoms with van der Waals surface area (Å²) in [6, 6.07) is 11.2. The van der Waals surface area contributed by atoms with Gasteiger partial charge in [0.1, 0.15) is 5.92 Å². The molecular weight excluding hydrogens is 410 g/mol. The Balaban J connectivity index is 2.22. The maximum absolute atomic E-state index is 12.4. The summed E-state index contributed by atoms with van der Waals surface area (Å²) in [5.41, 5.74) is -0.927. The third kappa shape index (κ3) is 3.40. The van der Waals surface area contributed by atoms with Crippen LogP contribution in [0.25, 0.3) is 0 Å². The van der Waals surface area contributed by atoms with Crippen molar-refractivity contribution in [3.05, 3.63) is 35.4 Å². The van der Waals surface area contributed by atoms with E-state index in [1.54, 1.807) is 31.2 Å². The number of methoxy groups -OCH3 is 2. The Hall–Kier alpha value is -4.03. The number of fused-ring (bicyclic) bond motifs is 1. The predicted molar refractivity (Wildman–Crippen MR) is 113 cm³/mol. The van der Waals surface area contributed by atoms with E-state index in [0.717, 1.165) is 0 Å². The van der Waals surface area contributed by atoms with Crippen molar-refractivity contribution in [3.63, 3.8) is 0 Å². The van der Waals surface area contributed by atoms with Gasteiger partial charge in [0, 0.05) is 24.9 Å². The lowest BCUT2D eigenvalue weighted by Gasteiger charge is -2.47. The first kappa shape index (κ1) is 22.7. The maximum atomic E-state index is 12.4. The Morgan fingerprint density at radius 2 is 1.91 bits per heavy atom. The van der Waals surface area contributed by atoms with Crippen LogP contribution in [0.1, 0.15) is 18.4 Å². The van der Waals surface area contributed by atoms with E-state index in [-0.39, 0.29) is 25.4 Å². The van der Waals surface area contributed by atoms with Gasteiger partial charge in [-0.05, 0) is 30.2 Å². The molecule has 1 aliphatic carbocycles. The van der Waals surface area contributed by atoms with Crippen LogP contribution in [0.4, 0.5) is 4.79 Å². The molecule has 1 saturated carbocycles. The monoisotopic (exact) mass is 433 g/mol. The number of hydrogen-bond donors (Lipinski definition) is 1. The topological polar surface area (TPSA) is 143 Å². The molecule has 1 aliphatic heterocycles. The van der Waals surface area contributed by atoms with Crippen LogP contribution in [0, 0.1) is 56.7 Å². The fourth-order valence-electron chi connectivity index (χ4n) is 4.59. The predicted octanol–water partition coefficient (Wildman–Crippen LogP) is 3.01. The van der Waals surface area contributed by atoms with Crippen LogP contribution in [0.3, 0.4) is 0 Å². The number of ether oxygens (including phenoxy) is 3. The Morgan fingerprint density at radius 1 is 1.22 bits per heavy atom. The summed E-state index contributed by atoms with van der Waals surface area (Å²) in [6.07, 6.45) is 1.22. The van der Waals surface area contributed by atoms with Gasteiger partial charge in [-0.2, -0.15) is 15.8 Å². The summed E-state index contributed by atoms with van der Waals surface area (Å²) in [5, 5.41) is 38.7. The maximum Gasteiger partial charge on any atom is 0.410 e. The lowest BCUT2D eigenvalue weighted by molar-refractivity contribution is 0.0992. The molecule has 0 radical (unpaired) electrons. The van der Waals surface area contributed by atoms with E-state index >= 15 is 0 Å². The minimum absolute atomic E-state index is 0.153. The average molecular weight is 433 g/mol. The summed E-state index contributed by atoms with van der Waals surface area (Å²) in [4.78, 5) is 13.9. The summed E-state index contributed by atoms with van der Waals surface area (Å²) in [7, 11) is 2.98. The molecule has 1 aromatic rings. The highest BCUT2D eigenvalue weighted by atomic mass is 16.6. The second-order valence-corrected chi connectivity index (χ2v) is 7.51. The Morgan fingerprint density at radius 3 is 2.47 bits per heavy atom. The highest BCUT2D eigenvalue weighted by Gasteiger charge is 2.58. The molecule has 9 nitrogen and oxygen atoms in total. The third-order valence-corrected chi connectivity index (χ3v) is 6.08. The van der Waals surface area contributed by atoms with Gasteiger partial charge < -0.3 is 24.5 Å². The first-order chi connectivity index (χ1) is 15.4. The van der Waals surface area contributed by atoms with Crippen molar-refractivity contribution in [1.82, 2.24) is 4.90 Å². The molecule has 1 aromatic carbocycles. The minimum Gasteiger partial charge on any atom is -0.493 e. The fraction of sp³-hybridized carbons (Fsp3) is 0.435. The lowest BCUT2D eigenvalue weighted by Crippen LogP contribution is -2.53. The molecule has 9 heteroatoms. The summed E-state index contributed by atoms with van der Waals surface area (Å²) in [5.74, 6) is -1.47. The molecule has 0 saturated heterocycles. The second kappa shape index (κ2) is 8.99. The van der Waals surface area contributed by atoms with Crippen molar-refractivity contribution in [3.8, 4) is 29.7 Å². The molecule has 1 amide bonds. The van der Waals surface area contributed by atoms with E-state index < -0.39 is 29.3 Å². The quantitative estimate of drug-likeness (QED) is 0.719. The van der Waals surface area contributed by atoms with Gasteiger partial charge in [-0.1, -0.05) is 12.1 Å². The lowest BCUT2D eigenvalue weighted by atomic mass is 9.54. The molecule has 2 aliphatic rings. The number of hydrogen-bond acceptors (Lipinski definition) is 8. The van der Waals surface area contributed by atoms with Gasteiger partial charge in [0.05, 0.1) is 44.7 Å². The molecule has 1 heterocycles. The number of rotatable bonds is 4. The molecule has 0 spiro atoms. The zero-order valence-electron chi connectivity index (χ0n) is 18.1. The highest BCUT2D eigenvalue weighted by Crippen LogP contribution is 2.54. The van der Waals surface area contributed by atoms with E-state index in [4.69, 9.17) is 19.6 Å². The van der Waals surface area contributed by atoms with Crippen molar-refractivity contribution in [1.29, 1.82) is 21.2 Å². The number of nitriles is 3. The van der Waals surface area contributed by atoms with Crippen LogP contribution in [-0.2, 0) is 4.74 Å². The fourth-order valence-corrected chi connectivity index (χ4v) is 4.59. The molecule has 1 unspecified atom stereocenters. The van der Waals surface area contributed by atoms with E-state index in [9.17, 15) is 20.6 Å². The largest absolute Gasteiger partial charge is 0.493 e. The molecule has 1 fully saturated rings. The van der Waals surface area contributed by atoms with Gasteiger partial charge in [-0.15, -0.1) is 0 Å². The van der Waals surface area contributed by atoms with Gasteiger partial charge in [0.15, 0.2) is 16.9 Å². The first-order valence-corrected chi connectivity index (χ1v) is 10.1. The number of carbonyl (C=O) groups is 1. The molecule has 0 bridgehead atoms. The number of nitrogens with one attached hydrogen (secondary N) is 1. The van der Waals surface area contributed by atoms with E-state index in [1.165, 1.54) is 19.1 Å². The number of carbonyl (C=O) groups excluding carboxylic acids is 1.